The highest BCUT2D eigenvalue weighted by Gasteiger charge is 2.16. The van der Waals surface area contributed by atoms with Crippen molar-refractivity contribution in [2.75, 3.05) is 20.8 Å². The van der Waals surface area contributed by atoms with Crippen molar-refractivity contribution < 1.29 is 19.0 Å². The molecule has 1 amide bonds. The smallest absolute Gasteiger partial charge is 0.258 e. The molecule has 0 heterocycles. The average Bonchev–Trinajstić information content (AvgIpc) is 2.67. The molecule has 0 aliphatic rings. The molecule has 0 spiro atoms. The highest BCUT2D eigenvalue weighted by molar-refractivity contribution is 5.78. The molecule has 0 aliphatic heterocycles. The van der Waals surface area contributed by atoms with Crippen LogP contribution < -0.4 is 19.5 Å². The van der Waals surface area contributed by atoms with Gasteiger partial charge in [0.15, 0.2) is 18.1 Å². The summed E-state index contributed by atoms with van der Waals surface area (Å²) < 4.78 is 16.4. The third-order valence-electron chi connectivity index (χ3n) is 4.68. The Kier molecular flexibility index (Phi) is 7.11. The van der Waals surface area contributed by atoms with E-state index in [1.165, 1.54) is 0 Å². The normalized spacial score (nSPS) is 11.6. The lowest BCUT2D eigenvalue weighted by molar-refractivity contribution is -0.123. The average molecular weight is 371 g/mol. The fourth-order valence-corrected chi connectivity index (χ4v) is 3.02. The zero-order valence-electron chi connectivity index (χ0n) is 17.0. The largest absolute Gasteiger partial charge is 0.493 e. The van der Waals surface area contributed by atoms with Crippen molar-refractivity contribution in [3.05, 3.63) is 52.6 Å². The van der Waals surface area contributed by atoms with Crippen molar-refractivity contribution >= 4 is 5.91 Å². The summed E-state index contributed by atoms with van der Waals surface area (Å²) in [4.78, 5) is 12.4. The van der Waals surface area contributed by atoms with E-state index in [0.717, 1.165) is 34.4 Å². The van der Waals surface area contributed by atoms with Crippen molar-refractivity contribution in [1.82, 2.24) is 5.32 Å². The van der Waals surface area contributed by atoms with E-state index in [2.05, 4.69) is 11.4 Å². The molecule has 0 saturated carbocycles. The van der Waals surface area contributed by atoms with Crippen LogP contribution in [0.2, 0.25) is 0 Å². The van der Waals surface area contributed by atoms with Crippen LogP contribution in [0.4, 0.5) is 0 Å². The van der Waals surface area contributed by atoms with Crippen LogP contribution in [-0.2, 0) is 4.79 Å². The molecule has 27 heavy (non-hydrogen) atoms. The van der Waals surface area contributed by atoms with Crippen LogP contribution in [0.25, 0.3) is 0 Å². The molecule has 146 valence electrons. The van der Waals surface area contributed by atoms with Crippen molar-refractivity contribution in [1.29, 1.82) is 0 Å². The van der Waals surface area contributed by atoms with E-state index in [4.69, 9.17) is 14.2 Å². The van der Waals surface area contributed by atoms with Crippen LogP contribution in [0.3, 0.4) is 0 Å². The molecule has 1 atom stereocenters. The summed E-state index contributed by atoms with van der Waals surface area (Å²) >= 11 is 0. The van der Waals surface area contributed by atoms with E-state index >= 15 is 0 Å². The molecule has 0 saturated heterocycles. The highest BCUT2D eigenvalue weighted by Crippen LogP contribution is 2.31. The number of rotatable bonds is 8. The highest BCUT2D eigenvalue weighted by atomic mass is 16.5. The Morgan fingerprint density at radius 3 is 2.33 bits per heavy atom. The molecule has 0 aromatic heterocycles. The van der Waals surface area contributed by atoms with E-state index in [1.807, 2.05) is 52.0 Å². The predicted octanol–water partition coefficient (Wildman–Crippen LogP) is 4.28. The summed E-state index contributed by atoms with van der Waals surface area (Å²) in [7, 11) is 3.20. The van der Waals surface area contributed by atoms with Gasteiger partial charge in [0.2, 0.25) is 0 Å². The second kappa shape index (κ2) is 9.31. The molecule has 0 aliphatic carbocycles. The van der Waals surface area contributed by atoms with Gasteiger partial charge in [-0.15, -0.1) is 0 Å². The van der Waals surface area contributed by atoms with Gasteiger partial charge in [0.1, 0.15) is 5.75 Å². The fourth-order valence-electron chi connectivity index (χ4n) is 3.02. The van der Waals surface area contributed by atoms with Crippen molar-refractivity contribution in [2.24, 2.45) is 0 Å². The minimum Gasteiger partial charge on any atom is -0.493 e. The van der Waals surface area contributed by atoms with Crippen molar-refractivity contribution in [2.45, 2.75) is 40.2 Å². The second-order valence-corrected chi connectivity index (χ2v) is 6.64. The first-order valence-electron chi connectivity index (χ1n) is 9.11. The summed E-state index contributed by atoms with van der Waals surface area (Å²) in [6.45, 7) is 8.06. The molecular weight excluding hydrogens is 342 g/mol. The third kappa shape index (κ3) is 5.16. The second-order valence-electron chi connectivity index (χ2n) is 6.64. The van der Waals surface area contributed by atoms with Crippen molar-refractivity contribution in [3.8, 4) is 17.2 Å². The maximum absolute atomic E-state index is 12.4. The van der Waals surface area contributed by atoms with Gasteiger partial charge in [-0.2, -0.15) is 0 Å². The van der Waals surface area contributed by atoms with Gasteiger partial charge in [-0.3, -0.25) is 4.79 Å². The Labute approximate surface area is 161 Å². The van der Waals surface area contributed by atoms with E-state index in [0.29, 0.717) is 11.5 Å². The number of ether oxygens (including phenoxy) is 3. The molecule has 2 aromatic carbocycles. The summed E-state index contributed by atoms with van der Waals surface area (Å²) in [5.41, 5.74) is 4.29. The number of amides is 1. The lowest BCUT2D eigenvalue weighted by Gasteiger charge is -2.19. The first-order valence-corrected chi connectivity index (χ1v) is 9.11. The van der Waals surface area contributed by atoms with Crippen LogP contribution >= 0.6 is 0 Å². The SMILES string of the molecule is CC[C@@H](NC(=O)COc1cc(C)cc(C)c1C)c1ccc(OC)c(OC)c1. The van der Waals surface area contributed by atoms with Gasteiger partial charge in [0.25, 0.3) is 5.91 Å². The third-order valence-corrected chi connectivity index (χ3v) is 4.68. The van der Waals surface area contributed by atoms with E-state index < -0.39 is 0 Å². The minimum absolute atomic E-state index is 0.0203. The summed E-state index contributed by atoms with van der Waals surface area (Å²) in [6, 6.07) is 9.61. The summed E-state index contributed by atoms with van der Waals surface area (Å²) in [6.07, 6.45) is 0.754. The Balaban J connectivity index is 2.05. The lowest BCUT2D eigenvalue weighted by Crippen LogP contribution is -2.32. The van der Waals surface area contributed by atoms with Crippen LogP contribution in [0.5, 0.6) is 17.2 Å². The topological polar surface area (TPSA) is 56.8 Å². The number of hydrogen-bond acceptors (Lipinski definition) is 4. The lowest BCUT2D eigenvalue weighted by atomic mass is 10.0. The monoisotopic (exact) mass is 371 g/mol. The van der Waals surface area contributed by atoms with E-state index in [9.17, 15) is 4.79 Å². The number of nitrogens with one attached hydrogen (secondary N) is 1. The van der Waals surface area contributed by atoms with Gasteiger partial charge >= 0.3 is 0 Å². The molecular formula is C22H29NO4. The minimum atomic E-state index is -0.157. The fraction of sp³-hybridized carbons (Fsp3) is 0.409. The quantitative estimate of drug-likeness (QED) is 0.753. The van der Waals surface area contributed by atoms with E-state index in [-0.39, 0.29) is 18.6 Å². The maximum atomic E-state index is 12.4. The first-order chi connectivity index (χ1) is 12.9. The zero-order chi connectivity index (χ0) is 20.0. The number of methoxy groups -OCH3 is 2. The van der Waals surface area contributed by atoms with Gasteiger partial charge in [-0.25, -0.2) is 0 Å². The van der Waals surface area contributed by atoms with Crippen LogP contribution in [0.1, 0.15) is 41.6 Å². The summed E-state index contributed by atoms with van der Waals surface area (Å²) in [5.74, 6) is 1.90. The van der Waals surface area contributed by atoms with Gasteiger partial charge in [0.05, 0.1) is 20.3 Å². The molecule has 1 N–H and O–H groups in total. The Hall–Kier alpha value is -2.69. The molecule has 5 heteroatoms. The number of carbonyl (C=O) groups excluding carboxylic acids is 1. The van der Waals surface area contributed by atoms with Crippen molar-refractivity contribution in [3.63, 3.8) is 0 Å². The van der Waals surface area contributed by atoms with E-state index in [1.54, 1.807) is 14.2 Å². The van der Waals surface area contributed by atoms with Crippen LogP contribution in [-0.4, -0.2) is 26.7 Å². The van der Waals surface area contributed by atoms with Crippen LogP contribution in [0.15, 0.2) is 30.3 Å². The molecule has 0 bridgehead atoms. The molecule has 5 nitrogen and oxygen atoms in total. The van der Waals surface area contributed by atoms with Crippen LogP contribution in [0, 0.1) is 20.8 Å². The first kappa shape index (κ1) is 20.6. The molecule has 0 radical (unpaired) electrons. The van der Waals surface area contributed by atoms with Gasteiger partial charge in [-0.05, 0) is 67.6 Å². The Morgan fingerprint density at radius 2 is 1.70 bits per heavy atom. The number of carbonyl (C=O) groups is 1. The summed E-state index contributed by atoms with van der Waals surface area (Å²) in [5, 5.41) is 3.03. The zero-order valence-corrected chi connectivity index (χ0v) is 17.0. The Morgan fingerprint density at radius 1 is 1.00 bits per heavy atom. The maximum Gasteiger partial charge on any atom is 0.258 e. The number of aryl methyl sites for hydroxylation is 2. The standard InChI is InChI=1S/C22H29NO4/c1-7-18(17-8-9-19(25-5)21(12-17)26-6)23-22(24)13-27-20-11-14(2)10-15(3)16(20)4/h8-12,18H,7,13H2,1-6H3,(H,23,24)/t18-/m1/s1. The number of benzene rings is 2. The molecule has 0 unspecified atom stereocenters. The van der Waals surface area contributed by atoms with Gasteiger partial charge in [0, 0.05) is 0 Å². The molecule has 2 aromatic rings. The van der Waals surface area contributed by atoms with Gasteiger partial charge < -0.3 is 19.5 Å². The van der Waals surface area contributed by atoms with Gasteiger partial charge in [-0.1, -0.05) is 19.1 Å². The Bertz CT molecular complexity index is 801. The number of hydrogen-bond donors (Lipinski definition) is 1. The molecule has 0 fully saturated rings. The predicted molar refractivity (Wildman–Crippen MR) is 107 cm³/mol. The molecule has 2 rings (SSSR count).